The average Bonchev–Trinajstić information content (AvgIpc) is 2.83. The topological polar surface area (TPSA) is 32.7 Å². The van der Waals surface area contributed by atoms with E-state index in [1.807, 2.05) is 6.08 Å². The van der Waals surface area contributed by atoms with Crippen molar-refractivity contribution in [3.63, 3.8) is 0 Å². The van der Waals surface area contributed by atoms with Crippen molar-refractivity contribution in [2.75, 3.05) is 13.6 Å². The summed E-state index contributed by atoms with van der Waals surface area (Å²) in [5, 5.41) is 10.5. The van der Waals surface area contributed by atoms with E-state index in [1.165, 1.54) is 11.1 Å². The first kappa shape index (κ1) is 12.2. The summed E-state index contributed by atoms with van der Waals surface area (Å²) in [5.74, 6) is 1.95. The molecule has 0 saturated carbocycles. The lowest BCUT2D eigenvalue weighted by Crippen LogP contribution is -2.68. The number of hydrogen-bond donors (Lipinski definition) is 1. The second kappa shape index (κ2) is 3.71. The molecule has 1 saturated heterocycles. The molecule has 2 bridgehead atoms. The van der Waals surface area contributed by atoms with Crippen LogP contribution in [0.1, 0.15) is 18.1 Å². The number of ether oxygens (including phenoxy) is 1. The zero-order valence-corrected chi connectivity index (χ0v) is 12.5. The van der Waals surface area contributed by atoms with Gasteiger partial charge in [0.2, 0.25) is 0 Å². The fourth-order valence-corrected chi connectivity index (χ4v) is 5.72. The van der Waals surface area contributed by atoms with Gasteiger partial charge in [-0.3, -0.25) is 0 Å². The highest BCUT2D eigenvalue weighted by molar-refractivity contribution is 5.57. The largest absolute Gasteiger partial charge is 0.486 e. The molecule has 1 aromatic carbocycles. The molecular weight excluding hydrogens is 262 g/mol. The molecule has 4 aliphatic rings. The van der Waals surface area contributed by atoms with Crippen LogP contribution in [0.15, 0.2) is 30.4 Å². The van der Waals surface area contributed by atoms with Gasteiger partial charge in [-0.05, 0) is 31.0 Å². The van der Waals surface area contributed by atoms with Crippen LogP contribution in [0.2, 0.25) is 0 Å². The summed E-state index contributed by atoms with van der Waals surface area (Å²) in [7, 11) is 2.24. The highest BCUT2D eigenvalue weighted by Crippen LogP contribution is 2.62. The molecule has 1 N–H and O–H groups in total. The van der Waals surface area contributed by atoms with Crippen LogP contribution >= 0.6 is 0 Å². The molecule has 0 radical (unpaired) electrons. The summed E-state index contributed by atoms with van der Waals surface area (Å²) >= 11 is 0. The van der Waals surface area contributed by atoms with Crippen molar-refractivity contribution in [2.24, 2.45) is 11.8 Å². The van der Waals surface area contributed by atoms with Gasteiger partial charge in [-0.2, -0.15) is 0 Å². The molecule has 2 unspecified atom stereocenters. The number of hydrogen-bond acceptors (Lipinski definition) is 3. The van der Waals surface area contributed by atoms with Gasteiger partial charge in [-0.1, -0.05) is 31.2 Å². The molecular formula is C18H21NO2. The quantitative estimate of drug-likeness (QED) is 0.736. The first-order valence-corrected chi connectivity index (χ1v) is 7.99. The molecule has 3 nitrogen and oxygen atoms in total. The minimum atomic E-state index is -0.494. The molecule has 3 heteroatoms. The molecule has 0 amide bonds. The Morgan fingerprint density at radius 2 is 2.19 bits per heavy atom. The Labute approximate surface area is 125 Å². The molecule has 2 heterocycles. The molecule has 2 aliphatic heterocycles. The van der Waals surface area contributed by atoms with Crippen molar-refractivity contribution in [1.29, 1.82) is 0 Å². The maximum atomic E-state index is 10.5. The van der Waals surface area contributed by atoms with Gasteiger partial charge in [0.25, 0.3) is 0 Å². The van der Waals surface area contributed by atoms with Crippen LogP contribution in [0, 0.1) is 11.8 Å². The van der Waals surface area contributed by atoms with Crippen molar-refractivity contribution in [2.45, 2.75) is 37.0 Å². The van der Waals surface area contributed by atoms with Gasteiger partial charge in [0.1, 0.15) is 18.0 Å². The fraction of sp³-hybridized carbons (Fsp3) is 0.556. The molecule has 1 fully saturated rings. The highest BCUT2D eigenvalue weighted by atomic mass is 16.5. The van der Waals surface area contributed by atoms with Crippen LogP contribution in [-0.2, 0) is 11.8 Å². The molecule has 1 aromatic rings. The molecule has 1 spiro atoms. The smallest absolute Gasteiger partial charge is 0.139 e. The minimum Gasteiger partial charge on any atom is -0.486 e. The van der Waals surface area contributed by atoms with Crippen LogP contribution in [0.3, 0.4) is 0 Å². The standard InChI is InChI=1S/C18H21NO2/c1-10-9-19(2)13-8-11-4-3-5-15-16(11)18(10)12(13)6-7-14(20)17(18)21-15/h3-7,10,12-14,17,20H,8-9H2,1-2H3/t10?,12?,13-,14+,17+,18+/m1/s1. The molecule has 21 heavy (non-hydrogen) atoms. The van der Waals surface area contributed by atoms with Crippen LogP contribution in [0.4, 0.5) is 0 Å². The van der Waals surface area contributed by atoms with Gasteiger partial charge >= 0.3 is 0 Å². The van der Waals surface area contributed by atoms with Gasteiger partial charge in [0.05, 0.1) is 5.41 Å². The normalized spacial score (nSPS) is 46.1. The Morgan fingerprint density at radius 3 is 3.05 bits per heavy atom. The maximum absolute atomic E-state index is 10.5. The summed E-state index contributed by atoms with van der Waals surface area (Å²) in [6.45, 7) is 3.41. The molecule has 0 aromatic heterocycles. The van der Waals surface area contributed by atoms with E-state index in [9.17, 15) is 5.11 Å². The van der Waals surface area contributed by atoms with Crippen molar-refractivity contribution >= 4 is 0 Å². The van der Waals surface area contributed by atoms with Gasteiger partial charge in [0, 0.05) is 24.1 Å². The van der Waals surface area contributed by atoms with Crippen molar-refractivity contribution in [3.05, 3.63) is 41.5 Å². The number of aliphatic hydroxyl groups excluding tert-OH is 1. The first-order valence-electron chi connectivity index (χ1n) is 7.99. The van der Waals surface area contributed by atoms with Gasteiger partial charge in [-0.15, -0.1) is 0 Å². The second-order valence-corrected chi connectivity index (χ2v) is 7.28. The van der Waals surface area contributed by atoms with E-state index in [2.05, 4.69) is 43.1 Å². The third kappa shape index (κ3) is 1.20. The third-order valence-corrected chi connectivity index (χ3v) is 6.43. The summed E-state index contributed by atoms with van der Waals surface area (Å²) in [5.41, 5.74) is 2.80. The van der Waals surface area contributed by atoms with Gasteiger partial charge < -0.3 is 14.7 Å². The molecule has 6 atom stereocenters. The van der Waals surface area contributed by atoms with E-state index < -0.39 is 6.10 Å². The van der Waals surface area contributed by atoms with Crippen molar-refractivity contribution in [3.8, 4) is 5.75 Å². The summed E-state index contributed by atoms with van der Waals surface area (Å²) < 4.78 is 6.28. The minimum absolute atomic E-state index is 0.0322. The van der Waals surface area contributed by atoms with Crippen LogP contribution < -0.4 is 4.74 Å². The summed E-state index contributed by atoms with van der Waals surface area (Å²) in [6.07, 6.45) is 4.71. The summed E-state index contributed by atoms with van der Waals surface area (Å²) in [4.78, 5) is 2.51. The van der Waals surface area contributed by atoms with E-state index >= 15 is 0 Å². The number of likely N-dealkylation sites (tertiary alicyclic amines) is 1. The Balaban J connectivity index is 1.86. The average molecular weight is 283 g/mol. The van der Waals surface area contributed by atoms with Crippen LogP contribution in [0.5, 0.6) is 5.75 Å². The Kier molecular flexibility index (Phi) is 2.16. The Morgan fingerprint density at radius 1 is 1.33 bits per heavy atom. The van der Waals surface area contributed by atoms with Crippen molar-refractivity contribution in [1.82, 2.24) is 4.90 Å². The number of benzene rings is 1. The Hall–Kier alpha value is -1.32. The van der Waals surface area contributed by atoms with Gasteiger partial charge in [0.15, 0.2) is 0 Å². The van der Waals surface area contributed by atoms with E-state index in [4.69, 9.17) is 4.74 Å². The second-order valence-electron chi connectivity index (χ2n) is 7.28. The number of likely N-dealkylation sites (N-methyl/N-ethyl adjacent to an activating group) is 1. The fourth-order valence-electron chi connectivity index (χ4n) is 5.72. The van der Waals surface area contributed by atoms with Gasteiger partial charge in [-0.25, -0.2) is 0 Å². The van der Waals surface area contributed by atoms with E-state index in [-0.39, 0.29) is 11.5 Å². The lowest BCUT2D eigenvalue weighted by molar-refractivity contribution is -0.0738. The zero-order chi connectivity index (χ0) is 14.4. The lowest BCUT2D eigenvalue weighted by atomic mass is 9.50. The monoisotopic (exact) mass is 283 g/mol. The first-order chi connectivity index (χ1) is 10.1. The maximum Gasteiger partial charge on any atom is 0.139 e. The highest BCUT2D eigenvalue weighted by Gasteiger charge is 2.66. The predicted molar refractivity (Wildman–Crippen MR) is 80.5 cm³/mol. The van der Waals surface area contributed by atoms with Crippen LogP contribution in [-0.4, -0.2) is 41.8 Å². The number of rotatable bonds is 0. The van der Waals surface area contributed by atoms with Crippen LogP contribution in [0.25, 0.3) is 0 Å². The van der Waals surface area contributed by atoms with E-state index in [0.717, 1.165) is 18.7 Å². The number of nitrogens with zero attached hydrogens (tertiary/aromatic N) is 1. The summed E-state index contributed by atoms with van der Waals surface area (Å²) in [6, 6.07) is 6.97. The zero-order valence-electron chi connectivity index (χ0n) is 12.5. The lowest BCUT2D eigenvalue weighted by Gasteiger charge is -2.59. The van der Waals surface area contributed by atoms with E-state index in [1.54, 1.807) is 0 Å². The SMILES string of the molecule is CC1CN(C)[C@@H]2Cc3cccc4c3[C@@]13C2C=C[C@H](O)[C@@H]3O4. The number of piperidine rings is 1. The van der Waals surface area contributed by atoms with Crippen molar-refractivity contribution < 1.29 is 9.84 Å². The predicted octanol–water partition coefficient (Wildman–Crippen LogP) is 1.74. The third-order valence-electron chi connectivity index (χ3n) is 6.43. The molecule has 110 valence electrons. The molecule has 2 aliphatic carbocycles. The Bertz CT molecular complexity index is 655. The van der Waals surface area contributed by atoms with E-state index in [0.29, 0.717) is 17.9 Å². The molecule has 5 rings (SSSR count). The number of aliphatic hydroxyl groups is 1.